The zero-order valence-electron chi connectivity index (χ0n) is 15.7. The summed E-state index contributed by atoms with van der Waals surface area (Å²) in [6.07, 6.45) is 3.14. The molecule has 0 saturated carbocycles. The minimum absolute atomic E-state index is 0.0686. The van der Waals surface area contributed by atoms with E-state index < -0.39 is 0 Å². The van der Waals surface area contributed by atoms with Gasteiger partial charge in [0, 0.05) is 11.1 Å². The minimum atomic E-state index is -0.138. The van der Waals surface area contributed by atoms with Gasteiger partial charge in [-0.25, -0.2) is 4.98 Å². The average molecular weight is 375 g/mol. The van der Waals surface area contributed by atoms with Crippen LogP contribution in [-0.2, 0) is 6.54 Å². The number of hydrogen-bond acceptors (Lipinski definition) is 5. The summed E-state index contributed by atoms with van der Waals surface area (Å²) in [7, 11) is 0. The second kappa shape index (κ2) is 7.64. The minimum Gasteiger partial charge on any atom is -0.355 e. The molecule has 28 heavy (non-hydrogen) atoms. The first-order chi connectivity index (χ1) is 13.6. The van der Waals surface area contributed by atoms with Gasteiger partial charge in [0.05, 0.1) is 18.0 Å². The van der Waals surface area contributed by atoms with Gasteiger partial charge in [0.1, 0.15) is 18.2 Å². The number of fused-ring (bicyclic) bond motifs is 1. The Morgan fingerprint density at radius 3 is 2.71 bits per heavy atom. The van der Waals surface area contributed by atoms with Gasteiger partial charge in [-0.3, -0.25) is 9.48 Å². The van der Waals surface area contributed by atoms with Gasteiger partial charge < -0.3 is 9.84 Å². The van der Waals surface area contributed by atoms with Gasteiger partial charge in [0.2, 0.25) is 0 Å². The van der Waals surface area contributed by atoms with E-state index in [2.05, 4.69) is 34.4 Å². The van der Waals surface area contributed by atoms with Crippen LogP contribution in [0.15, 0.2) is 65.7 Å². The zero-order chi connectivity index (χ0) is 19.5. The summed E-state index contributed by atoms with van der Waals surface area (Å²) in [5.74, 6) is 0.765. The summed E-state index contributed by atoms with van der Waals surface area (Å²) < 4.78 is 7.25. The average Bonchev–Trinajstić information content (AvgIpc) is 3.37. The molecule has 2 aromatic heterocycles. The van der Waals surface area contributed by atoms with E-state index in [0.29, 0.717) is 17.9 Å². The van der Waals surface area contributed by atoms with Crippen LogP contribution in [0, 0.1) is 5.92 Å². The third-order valence-electron chi connectivity index (χ3n) is 4.75. The molecule has 7 nitrogen and oxygen atoms in total. The molecule has 0 aliphatic carbocycles. The number of amides is 1. The van der Waals surface area contributed by atoms with Gasteiger partial charge in [0.15, 0.2) is 5.76 Å². The second-order valence-electron chi connectivity index (χ2n) is 7.05. The molecule has 142 valence electrons. The van der Waals surface area contributed by atoms with Crippen LogP contribution < -0.4 is 5.32 Å². The summed E-state index contributed by atoms with van der Waals surface area (Å²) in [5.41, 5.74) is 2.21. The van der Waals surface area contributed by atoms with Crippen molar-refractivity contribution in [3.05, 3.63) is 66.7 Å². The van der Waals surface area contributed by atoms with Gasteiger partial charge in [-0.2, -0.15) is 5.10 Å². The van der Waals surface area contributed by atoms with E-state index in [-0.39, 0.29) is 17.9 Å². The van der Waals surface area contributed by atoms with Crippen LogP contribution in [0.25, 0.3) is 22.2 Å². The Balaban J connectivity index is 1.60. The number of carbonyl (C=O) groups excluding carboxylic acids is 1. The van der Waals surface area contributed by atoms with Gasteiger partial charge in [-0.05, 0) is 24.1 Å². The van der Waals surface area contributed by atoms with E-state index in [1.807, 2.05) is 42.5 Å². The van der Waals surface area contributed by atoms with Gasteiger partial charge in [-0.15, -0.1) is 0 Å². The number of hydrogen-bond donors (Lipinski definition) is 1. The van der Waals surface area contributed by atoms with Gasteiger partial charge in [0.25, 0.3) is 5.91 Å². The Bertz CT molecular complexity index is 1070. The van der Waals surface area contributed by atoms with Crippen LogP contribution in [-0.4, -0.2) is 31.9 Å². The van der Waals surface area contributed by atoms with Gasteiger partial charge >= 0.3 is 0 Å². The van der Waals surface area contributed by atoms with E-state index >= 15 is 0 Å². The fourth-order valence-electron chi connectivity index (χ4n) is 3.08. The maximum atomic E-state index is 12.9. The highest BCUT2D eigenvalue weighted by Crippen LogP contribution is 2.29. The lowest BCUT2D eigenvalue weighted by Gasteiger charge is -2.22. The monoisotopic (exact) mass is 375 g/mol. The lowest BCUT2D eigenvalue weighted by molar-refractivity contribution is 0.0919. The molecule has 4 aromatic rings. The highest BCUT2D eigenvalue weighted by atomic mass is 16.5. The Hall–Kier alpha value is -3.48. The quantitative estimate of drug-likeness (QED) is 0.557. The van der Waals surface area contributed by atoms with Crippen molar-refractivity contribution in [1.82, 2.24) is 25.2 Å². The van der Waals surface area contributed by atoms with Crippen LogP contribution in [0.1, 0.15) is 24.2 Å². The summed E-state index contributed by atoms with van der Waals surface area (Å²) in [6.45, 7) is 4.70. The Morgan fingerprint density at radius 1 is 1.18 bits per heavy atom. The van der Waals surface area contributed by atoms with Crippen molar-refractivity contribution in [2.75, 3.05) is 0 Å². The number of rotatable bonds is 6. The molecule has 7 heteroatoms. The summed E-state index contributed by atoms with van der Waals surface area (Å²) in [4.78, 5) is 16.9. The second-order valence-corrected chi connectivity index (χ2v) is 7.05. The fraction of sp³-hybridized carbons (Fsp3) is 0.238. The van der Waals surface area contributed by atoms with Crippen LogP contribution in [0.4, 0.5) is 0 Å². The molecule has 4 rings (SSSR count). The maximum Gasteiger partial charge on any atom is 0.251 e. The molecule has 0 aliphatic heterocycles. The molecule has 0 fully saturated rings. The topological polar surface area (TPSA) is 85.8 Å². The van der Waals surface area contributed by atoms with Crippen molar-refractivity contribution in [3.63, 3.8) is 0 Å². The van der Waals surface area contributed by atoms with E-state index in [9.17, 15) is 4.79 Å². The maximum absolute atomic E-state index is 12.9. The zero-order valence-corrected chi connectivity index (χ0v) is 15.7. The number of benzene rings is 2. The molecule has 0 unspecified atom stereocenters. The van der Waals surface area contributed by atoms with Crippen molar-refractivity contribution in [2.24, 2.45) is 5.92 Å². The van der Waals surface area contributed by atoms with E-state index in [4.69, 9.17) is 4.52 Å². The van der Waals surface area contributed by atoms with Gasteiger partial charge in [-0.1, -0.05) is 49.3 Å². The van der Waals surface area contributed by atoms with E-state index in [1.165, 1.54) is 6.33 Å². The highest BCUT2D eigenvalue weighted by molar-refractivity contribution is 6.01. The van der Waals surface area contributed by atoms with E-state index in [0.717, 1.165) is 16.5 Å². The Kier molecular flexibility index (Phi) is 4.89. The predicted octanol–water partition coefficient (Wildman–Crippen LogP) is 3.54. The predicted molar refractivity (Wildman–Crippen MR) is 106 cm³/mol. The number of nitrogens with one attached hydrogen (secondary N) is 1. The van der Waals surface area contributed by atoms with E-state index in [1.54, 1.807) is 17.1 Å². The third-order valence-corrected chi connectivity index (χ3v) is 4.75. The molecule has 2 heterocycles. The first-order valence-corrected chi connectivity index (χ1v) is 9.20. The molecule has 0 aliphatic rings. The number of carbonyl (C=O) groups is 1. The molecule has 2 aromatic carbocycles. The molecule has 0 bridgehead atoms. The number of nitrogens with zero attached hydrogens (tertiary/aromatic N) is 4. The molecule has 1 atom stereocenters. The first-order valence-electron chi connectivity index (χ1n) is 9.20. The van der Waals surface area contributed by atoms with Crippen molar-refractivity contribution in [3.8, 4) is 11.3 Å². The standard InChI is InChI=1S/C21H21N5O2/c1-14(2)19(11-26-13-22-12-23-26)24-21(27)16-8-9-18-17(10-16)20(28-25-18)15-6-4-3-5-7-15/h3-10,12-14,19H,11H2,1-2H3,(H,24,27)/t19-/m0/s1. The summed E-state index contributed by atoms with van der Waals surface area (Å²) in [5, 5.41) is 12.2. The molecule has 0 spiro atoms. The lowest BCUT2D eigenvalue weighted by Crippen LogP contribution is -2.41. The Morgan fingerprint density at radius 2 is 2.00 bits per heavy atom. The van der Waals surface area contributed by atoms with Crippen molar-refractivity contribution >= 4 is 16.8 Å². The molecule has 0 radical (unpaired) electrons. The van der Waals surface area contributed by atoms with Crippen LogP contribution >= 0.6 is 0 Å². The smallest absolute Gasteiger partial charge is 0.251 e. The Labute approximate surface area is 162 Å². The van der Waals surface area contributed by atoms with Crippen molar-refractivity contribution < 1.29 is 9.32 Å². The largest absolute Gasteiger partial charge is 0.355 e. The SMILES string of the molecule is CC(C)[C@H](Cn1cncn1)NC(=O)c1ccc2noc(-c3ccccc3)c2c1. The molecular formula is C21H21N5O2. The van der Waals surface area contributed by atoms with Crippen LogP contribution in [0.2, 0.25) is 0 Å². The molecule has 1 N–H and O–H groups in total. The molecule has 1 amide bonds. The summed E-state index contributed by atoms with van der Waals surface area (Å²) in [6, 6.07) is 15.1. The van der Waals surface area contributed by atoms with Crippen LogP contribution in [0.5, 0.6) is 0 Å². The fourth-order valence-corrected chi connectivity index (χ4v) is 3.08. The lowest BCUT2D eigenvalue weighted by atomic mass is 10.0. The highest BCUT2D eigenvalue weighted by Gasteiger charge is 2.19. The number of aromatic nitrogens is 4. The molecular weight excluding hydrogens is 354 g/mol. The molecule has 0 saturated heterocycles. The van der Waals surface area contributed by atoms with Crippen molar-refractivity contribution in [1.29, 1.82) is 0 Å². The normalized spacial score (nSPS) is 12.4. The third kappa shape index (κ3) is 3.64. The van der Waals surface area contributed by atoms with Crippen LogP contribution in [0.3, 0.4) is 0 Å². The summed E-state index contributed by atoms with van der Waals surface area (Å²) >= 11 is 0. The first kappa shape index (κ1) is 17.9. The van der Waals surface area contributed by atoms with Crippen molar-refractivity contribution in [2.45, 2.75) is 26.4 Å².